The summed E-state index contributed by atoms with van der Waals surface area (Å²) < 4.78 is 0. The number of aryl methyl sites for hydroxylation is 1. The molecular weight excluding hydrogens is 352 g/mol. The predicted octanol–water partition coefficient (Wildman–Crippen LogP) is 1.49. The molecule has 0 aliphatic carbocycles. The average molecular weight is 378 g/mol. The lowest BCUT2D eigenvalue weighted by Gasteiger charge is -2.48. The molecule has 2 aliphatic heterocycles. The Bertz CT molecular complexity index is 870. The normalized spacial score (nSPS) is 23.1. The number of nitrogens with zero attached hydrogens (tertiary/aromatic N) is 4. The molecule has 0 saturated carbocycles. The highest BCUT2D eigenvalue weighted by Crippen LogP contribution is 2.24. The standard InChI is InChI=1S/C22H26N4O2/c1-16-7-6-10-18(23-16)14-25-11-12-26-20(15-25)21(27)24(2)19(22(26)28)13-17-8-4-3-5-9-17/h3-10,19-20H,11-15H2,1-2H3/t19-,20+/m0/s1. The van der Waals surface area contributed by atoms with E-state index in [4.69, 9.17) is 0 Å². The van der Waals surface area contributed by atoms with Gasteiger partial charge in [-0.1, -0.05) is 36.4 Å². The van der Waals surface area contributed by atoms with Crippen LogP contribution >= 0.6 is 0 Å². The quantitative estimate of drug-likeness (QED) is 0.809. The van der Waals surface area contributed by atoms with E-state index < -0.39 is 12.1 Å². The molecule has 2 aliphatic rings. The molecule has 146 valence electrons. The first-order valence-electron chi connectivity index (χ1n) is 9.79. The summed E-state index contributed by atoms with van der Waals surface area (Å²) in [5, 5.41) is 0. The van der Waals surface area contributed by atoms with Gasteiger partial charge in [-0.25, -0.2) is 0 Å². The minimum absolute atomic E-state index is 0.0300. The maximum absolute atomic E-state index is 13.1. The summed E-state index contributed by atoms with van der Waals surface area (Å²) in [6.07, 6.45) is 0.558. The van der Waals surface area contributed by atoms with E-state index >= 15 is 0 Å². The maximum Gasteiger partial charge on any atom is 0.247 e. The van der Waals surface area contributed by atoms with Crippen LogP contribution in [0.5, 0.6) is 0 Å². The Morgan fingerprint density at radius 1 is 1.00 bits per heavy atom. The van der Waals surface area contributed by atoms with Gasteiger partial charge in [0.2, 0.25) is 11.8 Å². The number of amides is 2. The van der Waals surface area contributed by atoms with Gasteiger partial charge < -0.3 is 9.80 Å². The SMILES string of the molecule is Cc1cccc(CN2CCN3C(=O)[C@H](Cc4ccccc4)N(C)C(=O)[C@H]3C2)n1. The lowest BCUT2D eigenvalue weighted by atomic mass is 9.97. The van der Waals surface area contributed by atoms with Crippen molar-refractivity contribution in [1.29, 1.82) is 0 Å². The van der Waals surface area contributed by atoms with E-state index in [0.717, 1.165) is 23.5 Å². The second kappa shape index (κ2) is 7.72. The van der Waals surface area contributed by atoms with Crippen molar-refractivity contribution in [3.8, 4) is 0 Å². The van der Waals surface area contributed by atoms with Gasteiger partial charge in [0.15, 0.2) is 0 Å². The highest BCUT2D eigenvalue weighted by atomic mass is 16.2. The van der Waals surface area contributed by atoms with Crippen molar-refractivity contribution in [3.63, 3.8) is 0 Å². The zero-order chi connectivity index (χ0) is 19.7. The summed E-state index contributed by atoms with van der Waals surface area (Å²) >= 11 is 0. The predicted molar refractivity (Wildman–Crippen MR) is 106 cm³/mol. The molecule has 1 aromatic carbocycles. The first kappa shape index (κ1) is 18.6. The van der Waals surface area contributed by atoms with Gasteiger partial charge >= 0.3 is 0 Å². The summed E-state index contributed by atoms with van der Waals surface area (Å²) in [4.78, 5) is 36.4. The van der Waals surface area contributed by atoms with Crippen molar-refractivity contribution < 1.29 is 9.59 Å². The molecule has 2 saturated heterocycles. The van der Waals surface area contributed by atoms with E-state index in [1.54, 1.807) is 16.8 Å². The van der Waals surface area contributed by atoms with E-state index in [0.29, 0.717) is 26.1 Å². The first-order chi connectivity index (χ1) is 13.5. The molecule has 2 aromatic rings. The van der Waals surface area contributed by atoms with Crippen LogP contribution in [0.4, 0.5) is 0 Å². The number of hydrogen-bond acceptors (Lipinski definition) is 4. The van der Waals surface area contributed by atoms with Crippen molar-refractivity contribution in [1.82, 2.24) is 19.7 Å². The Hall–Kier alpha value is -2.73. The number of fused-ring (bicyclic) bond motifs is 1. The molecule has 0 radical (unpaired) electrons. The molecule has 4 rings (SSSR count). The van der Waals surface area contributed by atoms with E-state index in [1.807, 2.05) is 55.5 Å². The third-order valence-electron chi connectivity index (χ3n) is 5.74. The van der Waals surface area contributed by atoms with Crippen LogP contribution in [-0.4, -0.2) is 70.3 Å². The molecule has 1 aromatic heterocycles. The smallest absolute Gasteiger partial charge is 0.247 e. The molecular formula is C22H26N4O2. The number of carbonyl (C=O) groups is 2. The van der Waals surface area contributed by atoms with Crippen molar-refractivity contribution >= 4 is 11.8 Å². The number of aromatic nitrogens is 1. The third-order valence-corrected chi connectivity index (χ3v) is 5.74. The van der Waals surface area contributed by atoms with Crippen molar-refractivity contribution in [3.05, 3.63) is 65.5 Å². The van der Waals surface area contributed by atoms with Gasteiger partial charge in [0.25, 0.3) is 0 Å². The van der Waals surface area contributed by atoms with Gasteiger partial charge in [-0.05, 0) is 24.6 Å². The summed E-state index contributed by atoms with van der Waals surface area (Å²) in [7, 11) is 1.76. The maximum atomic E-state index is 13.1. The fraction of sp³-hybridized carbons (Fsp3) is 0.409. The molecule has 2 atom stereocenters. The van der Waals surface area contributed by atoms with E-state index in [1.165, 1.54) is 0 Å². The van der Waals surface area contributed by atoms with E-state index in [-0.39, 0.29) is 11.8 Å². The molecule has 2 amide bonds. The highest BCUT2D eigenvalue weighted by Gasteiger charge is 2.46. The van der Waals surface area contributed by atoms with E-state index in [2.05, 4.69) is 9.88 Å². The average Bonchev–Trinajstić information content (AvgIpc) is 2.70. The zero-order valence-corrected chi connectivity index (χ0v) is 16.4. The second-order valence-electron chi connectivity index (χ2n) is 7.71. The van der Waals surface area contributed by atoms with Crippen LogP contribution in [0.15, 0.2) is 48.5 Å². The lowest BCUT2D eigenvalue weighted by Crippen LogP contribution is -2.69. The number of hydrogen-bond donors (Lipinski definition) is 0. The van der Waals surface area contributed by atoms with Crippen molar-refractivity contribution in [2.75, 3.05) is 26.7 Å². The van der Waals surface area contributed by atoms with Gasteiger partial charge in [-0.3, -0.25) is 19.5 Å². The summed E-state index contributed by atoms with van der Waals surface area (Å²) in [5.41, 5.74) is 3.06. The summed E-state index contributed by atoms with van der Waals surface area (Å²) in [6, 6.07) is 15.1. The molecule has 3 heterocycles. The molecule has 6 heteroatoms. The Balaban J connectivity index is 1.47. The van der Waals surface area contributed by atoms with Gasteiger partial charge in [-0.15, -0.1) is 0 Å². The van der Waals surface area contributed by atoms with Crippen molar-refractivity contribution in [2.45, 2.75) is 32.0 Å². The molecule has 6 nitrogen and oxygen atoms in total. The van der Waals surface area contributed by atoms with Crippen LogP contribution < -0.4 is 0 Å². The van der Waals surface area contributed by atoms with Crippen LogP contribution in [0, 0.1) is 6.92 Å². The van der Waals surface area contributed by atoms with Gasteiger partial charge in [-0.2, -0.15) is 0 Å². The molecule has 0 bridgehead atoms. The first-order valence-corrected chi connectivity index (χ1v) is 9.79. The number of pyridine rings is 1. The highest BCUT2D eigenvalue weighted by molar-refractivity contribution is 5.97. The summed E-state index contributed by atoms with van der Waals surface area (Å²) in [6.45, 7) is 4.58. The Kier molecular flexibility index (Phi) is 5.13. The minimum atomic E-state index is -0.420. The van der Waals surface area contributed by atoms with Crippen molar-refractivity contribution in [2.24, 2.45) is 0 Å². The number of benzene rings is 1. The summed E-state index contributed by atoms with van der Waals surface area (Å²) in [5.74, 6) is 0.0896. The molecule has 0 spiro atoms. The number of piperazine rings is 2. The molecule has 2 fully saturated rings. The third kappa shape index (κ3) is 3.64. The zero-order valence-electron chi connectivity index (χ0n) is 16.4. The van der Waals surface area contributed by atoms with Gasteiger partial charge in [0.05, 0.1) is 5.69 Å². The fourth-order valence-corrected chi connectivity index (χ4v) is 4.18. The Labute approximate surface area is 165 Å². The van der Waals surface area contributed by atoms with E-state index in [9.17, 15) is 9.59 Å². The van der Waals surface area contributed by atoms with Crippen LogP contribution in [0.2, 0.25) is 0 Å². The van der Waals surface area contributed by atoms with Crippen LogP contribution in [-0.2, 0) is 22.6 Å². The number of likely N-dealkylation sites (N-methyl/N-ethyl adjacent to an activating group) is 1. The van der Waals surface area contributed by atoms with Gasteiger partial charge in [0.1, 0.15) is 12.1 Å². The number of rotatable bonds is 4. The van der Waals surface area contributed by atoms with Crippen LogP contribution in [0.1, 0.15) is 17.0 Å². The largest absolute Gasteiger partial charge is 0.332 e. The van der Waals surface area contributed by atoms with Crippen LogP contribution in [0.3, 0.4) is 0 Å². The minimum Gasteiger partial charge on any atom is -0.332 e. The van der Waals surface area contributed by atoms with Gasteiger partial charge in [0, 0.05) is 45.3 Å². The molecule has 0 unspecified atom stereocenters. The fourth-order valence-electron chi connectivity index (χ4n) is 4.18. The molecule has 28 heavy (non-hydrogen) atoms. The van der Waals surface area contributed by atoms with Crippen LogP contribution in [0.25, 0.3) is 0 Å². The Morgan fingerprint density at radius 3 is 2.54 bits per heavy atom. The number of carbonyl (C=O) groups excluding carboxylic acids is 2. The Morgan fingerprint density at radius 2 is 1.79 bits per heavy atom. The monoisotopic (exact) mass is 378 g/mol. The molecule has 0 N–H and O–H groups in total. The lowest BCUT2D eigenvalue weighted by molar-refractivity contribution is -0.164. The second-order valence-corrected chi connectivity index (χ2v) is 7.71. The topological polar surface area (TPSA) is 56.8 Å².